The van der Waals surface area contributed by atoms with E-state index in [1.807, 2.05) is 0 Å². The summed E-state index contributed by atoms with van der Waals surface area (Å²) in [5, 5.41) is 12.5. The van der Waals surface area contributed by atoms with Gasteiger partial charge in [-0.15, -0.1) is 0 Å². The average molecular weight is 342 g/mol. The Morgan fingerprint density at radius 1 is 1.32 bits per heavy atom. The van der Waals surface area contributed by atoms with E-state index in [4.69, 9.17) is 17.3 Å². The third-order valence-electron chi connectivity index (χ3n) is 2.49. The number of nitrogen functional groups attached to an aromatic ring is 1. The number of phenolic OH excluding ortho intramolecular Hbond substituents is 1. The highest BCUT2D eigenvalue weighted by molar-refractivity contribution is 9.10. The minimum atomic E-state index is -0.400. The maximum atomic E-state index is 12.0. The average Bonchev–Trinajstić information content (AvgIpc) is 2.37. The van der Waals surface area contributed by atoms with Crippen LogP contribution in [0.25, 0.3) is 0 Å². The number of benzene rings is 2. The van der Waals surface area contributed by atoms with Crippen molar-refractivity contribution in [3.8, 4) is 5.75 Å². The van der Waals surface area contributed by atoms with Crippen molar-refractivity contribution in [2.24, 2.45) is 0 Å². The molecule has 98 valence electrons. The topological polar surface area (TPSA) is 75.3 Å². The highest BCUT2D eigenvalue weighted by atomic mass is 79.9. The van der Waals surface area contributed by atoms with Gasteiger partial charge in [0.2, 0.25) is 0 Å². The van der Waals surface area contributed by atoms with Crippen LogP contribution in [0, 0.1) is 0 Å². The molecule has 2 rings (SSSR count). The van der Waals surface area contributed by atoms with Crippen molar-refractivity contribution in [1.29, 1.82) is 0 Å². The summed E-state index contributed by atoms with van der Waals surface area (Å²) in [6.07, 6.45) is 0. The van der Waals surface area contributed by atoms with Gasteiger partial charge >= 0.3 is 0 Å². The summed E-state index contributed by atoms with van der Waals surface area (Å²) in [4.78, 5) is 12.0. The number of nitrogens with one attached hydrogen (secondary N) is 1. The van der Waals surface area contributed by atoms with Crippen molar-refractivity contribution in [1.82, 2.24) is 0 Å². The van der Waals surface area contributed by atoms with Crippen molar-refractivity contribution < 1.29 is 9.90 Å². The smallest absolute Gasteiger partial charge is 0.255 e. The SMILES string of the molecule is Nc1cccc(Cl)c1NC(=O)c1ccc(Br)c(O)c1. The summed E-state index contributed by atoms with van der Waals surface area (Å²) in [6, 6.07) is 9.48. The molecule has 1 amide bonds. The second-order valence-electron chi connectivity index (χ2n) is 3.82. The van der Waals surface area contributed by atoms with Crippen LogP contribution in [-0.4, -0.2) is 11.0 Å². The fourth-order valence-corrected chi connectivity index (χ4v) is 1.99. The van der Waals surface area contributed by atoms with Gasteiger partial charge < -0.3 is 16.2 Å². The van der Waals surface area contributed by atoms with Crippen LogP contribution < -0.4 is 11.1 Å². The number of aromatic hydroxyl groups is 1. The lowest BCUT2D eigenvalue weighted by atomic mass is 10.2. The third kappa shape index (κ3) is 3.00. The zero-order valence-corrected chi connectivity index (χ0v) is 12.0. The number of nitrogens with two attached hydrogens (primary N) is 1. The largest absolute Gasteiger partial charge is 0.507 e. The van der Waals surface area contributed by atoms with Gasteiger partial charge in [-0.1, -0.05) is 17.7 Å². The Balaban J connectivity index is 2.28. The maximum absolute atomic E-state index is 12.0. The number of halogens is 2. The number of hydrogen-bond donors (Lipinski definition) is 3. The number of hydrogen-bond acceptors (Lipinski definition) is 3. The molecule has 0 spiro atoms. The van der Waals surface area contributed by atoms with E-state index in [9.17, 15) is 9.90 Å². The lowest BCUT2D eigenvalue weighted by Gasteiger charge is -2.10. The summed E-state index contributed by atoms with van der Waals surface area (Å²) in [7, 11) is 0. The molecule has 2 aromatic carbocycles. The first kappa shape index (κ1) is 13.7. The highest BCUT2D eigenvalue weighted by Gasteiger charge is 2.12. The molecule has 0 radical (unpaired) electrons. The van der Waals surface area contributed by atoms with Gasteiger partial charge in [-0.3, -0.25) is 4.79 Å². The van der Waals surface area contributed by atoms with E-state index < -0.39 is 5.91 Å². The molecule has 4 nitrogen and oxygen atoms in total. The molecule has 2 aromatic rings. The van der Waals surface area contributed by atoms with Crippen LogP contribution >= 0.6 is 27.5 Å². The van der Waals surface area contributed by atoms with Crippen LogP contribution in [0.4, 0.5) is 11.4 Å². The van der Waals surface area contributed by atoms with Crippen LogP contribution in [-0.2, 0) is 0 Å². The minimum absolute atomic E-state index is 0.0141. The van der Waals surface area contributed by atoms with E-state index >= 15 is 0 Å². The Hall–Kier alpha value is -1.72. The van der Waals surface area contributed by atoms with Crippen molar-refractivity contribution in [3.05, 3.63) is 51.5 Å². The van der Waals surface area contributed by atoms with Crippen LogP contribution in [0.15, 0.2) is 40.9 Å². The van der Waals surface area contributed by atoms with E-state index in [1.165, 1.54) is 6.07 Å². The zero-order valence-electron chi connectivity index (χ0n) is 9.65. The van der Waals surface area contributed by atoms with Gasteiger partial charge in [0.1, 0.15) is 5.75 Å². The Kier molecular flexibility index (Phi) is 3.97. The van der Waals surface area contributed by atoms with Crippen molar-refractivity contribution in [2.45, 2.75) is 0 Å². The van der Waals surface area contributed by atoms with Gasteiger partial charge in [-0.05, 0) is 46.3 Å². The molecule has 0 aromatic heterocycles. The number of anilines is 2. The fourth-order valence-electron chi connectivity index (χ4n) is 1.51. The van der Waals surface area contributed by atoms with Gasteiger partial charge in [0, 0.05) is 5.56 Å². The molecule has 0 aliphatic heterocycles. The monoisotopic (exact) mass is 340 g/mol. The van der Waals surface area contributed by atoms with Gasteiger partial charge in [0.05, 0.1) is 20.9 Å². The number of para-hydroxylation sites is 1. The van der Waals surface area contributed by atoms with Gasteiger partial charge in [0.15, 0.2) is 0 Å². The first-order valence-electron chi connectivity index (χ1n) is 5.33. The summed E-state index contributed by atoms with van der Waals surface area (Å²) >= 11 is 9.11. The van der Waals surface area contributed by atoms with E-state index in [1.54, 1.807) is 30.3 Å². The molecular formula is C13H10BrClN2O2. The molecule has 0 aliphatic carbocycles. The molecule has 0 heterocycles. The molecule has 0 saturated carbocycles. The molecule has 4 N–H and O–H groups in total. The summed E-state index contributed by atoms with van der Waals surface area (Å²) in [6.45, 7) is 0. The summed E-state index contributed by atoms with van der Waals surface area (Å²) in [5.74, 6) is -0.414. The maximum Gasteiger partial charge on any atom is 0.255 e. The molecular weight excluding hydrogens is 332 g/mol. The quantitative estimate of drug-likeness (QED) is 0.730. The van der Waals surface area contributed by atoms with Gasteiger partial charge in [-0.25, -0.2) is 0 Å². The fraction of sp³-hybridized carbons (Fsp3) is 0. The molecule has 19 heavy (non-hydrogen) atoms. The first-order valence-corrected chi connectivity index (χ1v) is 6.50. The minimum Gasteiger partial charge on any atom is -0.507 e. The van der Waals surface area contributed by atoms with Crippen LogP contribution in [0.5, 0.6) is 5.75 Å². The van der Waals surface area contributed by atoms with Crippen molar-refractivity contribution >= 4 is 44.8 Å². The Bertz CT molecular complexity index is 626. The predicted molar refractivity (Wildman–Crippen MR) is 79.6 cm³/mol. The van der Waals surface area contributed by atoms with Crippen LogP contribution in [0.3, 0.4) is 0 Å². The van der Waals surface area contributed by atoms with Crippen molar-refractivity contribution in [2.75, 3.05) is 11.1 Å². The first-order chi connectivity index (χ1) is 8.99. The van der Waals surface area contributed by atoms with Gasteiger partial charge in [0.25, 0.3) is 5.91 Å². The molecule has 0 bridgehead atoms. The van der Waals surface area contributed by atoms with Crippen molar-refractivity contribution in [3.63, 3.8) is 0 Å². The van der Waals surface area contributed by atoms with E-state index in [-0.39, 0.29) is 5.75 Å². The normalized spacial score (nSPS) is 10.2. The number of amides is 1. The van der Waals surface area contributed by atoms with E-state index in [0.717, 1.165) is 0 Å². The third-order valence-corrected chi connectivity index (χ3v) is 3.48. The van der Waals surface area contributed by atoms with Crippen LogP contribution in [0.2, 0.25) is 5.02 Å². The molecule has 0 fully saturated rings. The molecule has 6 heteroatoms. The molecule has 0 unspecified atom stereocenters. The molecule has 0 atom stereocenters. The van der Waals surface area contributed by atoms with E-state index in [2.05, 4.69) is 21.2 Å². The Labute approximate surface area is 123 Å². The lowest BCUT2D eigenvalue weighted by molar-refractivity contribution is 0.102. The zero-order chi connectivity index (χ0) is 14.0. The molecule has 0 saturated heterocycles. The van der Waals surface area contributed by atoms with Crippen LogP contribution in [0.1, 0.15) is 10.4 Å². The number of carbonyl (C=O) groups excluding carboxylic acids is 1. The van der Waals surface area contributed by atoms with E-state index in [0.29, 0.717) is 26.4 Å². The Morgan fingerprint density at radius 3 is 2.68 bits per heavy atom. The van der Waals surface area contributed by atoms with Gasteiger partial charge in [-0.2, -0.15) is 0 Å². The Morgan fingerprint density at radius 2 is 2.05 bits per heavy atom. The summed E-state index contributed by atoms with van der Waals surface area (Å²) < 4.78 is 0.515. The number of carbonyl (C=O) groups is 1. The predicted octanol–water partition coefficient (Wildman–Crippen LogP) is 3.64. The number of rotatable bonds is 2. The standard InChI is InChI=1S/C13H10BrClN2O2/c14-8-5-4-7(6-11(8)18)13(19)17-12-9(15)2-1-3-10(12)16/h1-6,18H,16H2,(H,17,19). The summed E-state index contributed by atoms with van der Waals surface area (Å²) in [5.41, 5.74) is 6.79. The lowest BCUT2D eigenvalue weighted by Crippen LogP contribution is -2.13. The second-order valence-corrected chi connectivity index (χ2v) is 5.09. The highest BCUT2D eigenvalue weighted by Crippen LogP contribution is 2.29. The number of phenols is 1. The molecule has 0 aliphatic rings. The second kappa shape index (κ2) is 5.50.